The van der Waals surface area contributed by atoms with E-state index in [1.54, 1.807) is 43.3 Å². The van der Waals surface area contributed by atoms with E-state index >= 15 is 0 Å². The SMILES string of the molecule is Cc1cc([C@@H](C)Nc2ccccc2C(=O)O)c2oc(-c3ccc(C(=O)N4CC(F)(F)C4)cc3)c(C)c(=O)c2c1. The van der Waals surface area contributed by atoms with Gasteiger partial charge in [-0.2, -0.15) is 0 Å². The van der Waals surface area contributed by atoms with Crippen LogP contribution in [0.4, 0.5) is 14.5 Å². The molecule has 1 aliphatic rings. The van der Waals surface area contributed by atoms with E-state index in [2.05, 4.69) is 5.32 Å². The summed E-state index contributed by atoms with van der Waals surface area (Å²) in [5, 5.41) is 13.2. The molecule has 0 aliphatic carbocycles. The number of halogens is 2. The second-order valence-electron chi connectivity index (χ2n) is 9.93. The summed E-state index contributed by atoms with van der Waals surface area (Å²) in [5.74, 6) is -4.07. The van der Waals surface area contributed by atoms with Crippen molar-refractivity contribution < 1.29 is 27.9 Å². The first-order valence-corrected chi connectivity index (χ1v) is 12.4. The third kappa shape index (κ3) is 4.87. The number of hydrogen-bond acceptors (Lipinski definition) is 5. The lowest BCUT2D eigenvalue weighted by atomic mass is 9.98. The number of benzene rings is 3. The van der Waals surface area contributed by atoms with Gasteiger partial charge in [0.2, 0.25) is 0 Å². The Morgan fingerprint density at radius 2 is 1.72 bits per heavy atom. The lowest BCUT2D eigenvalue weighted by Crippen LogP contribution is -2.58. The Kier molecular flexibility index (Phi) is 6.46. The molecule has 1 saturated heterocycles. The Morgan fingerprint density at radius 3 is 2.36 bits per heavy atom. The monoisotopic (exact) mass is 532 g/mol. The first-order valence-electron chi connectivity index (χ1n) is 12.4. The molecular weight excluding hydrogens is 506 g/mol. The standard InChI is InChI=1S/C30H26F2N2O5/c1-16-12-22(18(3)33-24-7-5-4-6-21(24)29(37)38)27-23(13-16)25(35)17(2)26(39-27)19-8-10-20(11-9-19)28(36)34-14-30(31,32)15-34/h4-13,18,33H,14-15H2,1-3H3,(H,37,38)/t18-/m1/s1. The summed E-state index contributed by atoms with van der Waals surface area (Å²) >= 11 is 0. The molecule has 1 aromatic heterocycles. The fourth-order valence-electron chi connectivity index (χ4n) is 4.87. The minimum atomic E-state index is -2.85. The molecule has 2 N–H and O–H groups in total. The van der Waals surface area contributed by atoms with Crippen molar-refractivity contribution in [3.63, 3.8) is 0 Å². The van der Waals surface area contributed by atoms with Gasteiger partial charge in [-0.25, -0.2) is 13.6 Å². The van der Waals surface area contributed by atoms with Gasteiger partial charge >= 0.3 is 5.97 Å². The Labute approximate surface area is 222 Å². The highest BCUT2D eigenvalue weighted by Crippen LogP contribution is 2.33. The van der Waals surface area contributed by atoms with E-state index in [4.69, 9.17) is 4.42 Å². The number of carbonyl (C=O) groups excluding carboxylic acids is 1. The number of carboxylic acid groups (broad SMARTS) is 1. The molecular formula is C30H26F2N2O5. The van der Waals surface area contributed by atoms with Crippen molar-refractivity contribution in [1.29, 1.82) is 0 Å². The highest BCUT2D eigenvalue weighted by Gasteiger charge is 2.46. The summed E-state index contributed by atoms with van der Waals surface area (Å²) in [6.45, 7) is 4.18. The molecule has 39 heavy (non-hydrogen) atoms. The zero-order chi connectivity index (χ0) is 28.1. The maximum absolute atomic E-state index is 13.4. The predicted molar refractivity (Wildman–Crippen MR) is 144 cm³/mol. The zero-order valence-corrected chi connectivity index (χ0v) is 21.5. The van der Waals surface area contributed by atoms with E-state index in [1.807, 2.05) is 19.9 Å². The number of amides is 1. The van der Waals surface area contributed by atoms with Crippen molar-refractivity contribution in [3.8, 4) is 11.3 Å². The van der Waals surface area contributed by atoms with Crippen LogP contribution in [0.5, 0.6) is 0 Å². The lowest BCUT2D eigenvalue weighted by Gasteiger charge is -2.38. The average Bonchev–Trinajstić information content (AvgIpc) is 2.89. The van der Waals surface area contributed by atoms with Crippen LogP contribution in [0.2, 0.25) is 0 Å². The normalized spacial score (nSPS) is 15.1. The van der Waals surface area contributed by atoms with E-state index in [-0.39, 0.29) is 16.6 Å². The van der Waals surface area contributed by atoms with Gasteiger partial charge in [-0.15, -0.1) is 0 Å². The summed E-state index contributed by atoms with van der Waals surface area (Å²) in [6, 6.07) is 16.1. The number of carboxylic acids is 1. The van der Waals surface area contributed by atoms with Crippen molar-refractivity contribution in [2.75, 3.05) is 18.4 Å². The molecule has 4 aromatic rings. The molecule has 1 fully saturated rings. The molecule has 1 aliphatic heterocycles. The van der Waals surface area contributed by atoms with Crippen molar-refractivity contribution in [2.45, 2.75) is 32.7 Å². The fourth-order valence-corrected chi connectivity index (χ4v) is 4.87. The molecule has 200 valence electrons. The summed E-state index contributed by atoms with van der Waals surface area (Å²) in [6.07, 6.45) is 0. The fraction of sp³-hybridized carbons (Fsp3) is 0.233. The first-order chi connectivity index (χ1) is 18.4. The number of nitrogens with zero attached hydrogens (tertiary/aromatic N) is 1. The van der Waals surface area contributed by atoms with Crippen LogP contribution < -0.4 is 10.7 Å². The van der Waals surface area contributed by atoms with Crippen molar-refractivity contribution >= 4 is 28.5 Å². The number of likely N-dealkylation sites (tertiary alicyclic amines) is 1. The van der Waals surface area contributed by atoms with Gasteiger partial charge in [0.25, 0.3) is 11.8 Å². The Morgan fingerprint density at radius 1 is 1.05 bits per heavy atom. The maximum atomic E-state index is 13.4. The number of fused-ring (bicyclic) bond motifs is 1. The third-order valence-corrected chi connectivity index (χ3v) is 6.91. The summed E-state index contributed by atoms with van der Waals surface area (Å²) < 4.78 is 32.7. The number of aryl methyl sites for hydroxylation is 1. The summed E-state index contributed by atoms with van der Waals surface area (Å²) in [7, 11) is 0. The summed E-state index contributed by atoms with van der Waals surface area (Å²) in [5.41, 5.74) is 3.43. The number of hydrogen-bond donors (Lipinski definition) is 2. The molecule has 3 aromatic carbocycles. The second kappa shape index (κ2) is 9.65. The number of alkyl halides is 2. The minimum Gasteiger partial charge on any atom is -0.478 e. The first kappa shape index (κ1) is 26.1. The molecule has 9 heteroatoms. The van der Waals surface area contributed by atoms with E-state index in [0.717, 1.165) is 10.5 Å². The molecule has 5 rings (SSSR count). The van der Waals surface area contributed by atoms with E-state index in [1.165, 1.54) is 18.2 Å². The van der Waals surface area contributed by atoms with Crippen molar-refractivity contribution in [1.82, 2.24) is 4.90 Å². The second-order valence-corrected chi connectivity index (χ2v) is 9.93. The molecule has 1 amide bonds. The molecule has 0 saturated carbocycles. The van der Waals surface area contributed by atoms with Crippen LogP contribution in [-0.2, 0) is 0 Å². The highest BCUT2D eigenvalue weighted by atomic mass is 19.3. The summed E-state index contributed by atoms with van der Waals surface area (Å²) in [4.78, 5) is 38.7. The van der Waals surface area contributed by atoms with Gasteiger partial charge in [-0.1, -0.05) is 30.3 Å². The molecule has 0 radical (unpaired) electrons. The van der Waals surface area contributed by atoms with Crippen LogP contribution in [0.3, 0.4) is 0 Å². The van der Waals surface area contributed by atoms with Crippen LogP contribution in [-0.4, -0.2) is 40.9 Å². The number of nitrogens with one attached hydrogen (secondary N) is 1. The van der Waals surface area contributed by atoms with E-state index in [0.29, 0.717) is 39.1 Å². The molecule has 0 unspecified atom stereocenters. The molecule has 0 bridgehead atoms. The number of para-hydroxylation sites is 1. The van der Waals surface area contributed by atoms with Gasteiger partial charge in [0, 0.05) is 27.9 Å². The largest absolute Gasteiger partial charge is 0.478 e. The Hall–Kier alpha value is -4.53. The molecule has 1 atom stereocenters. The van der Waals surface area contributed by atoms with Crippen LogP contribution >= 0.6 is 0 Å². The lowest BCUT2D eigenvalue weighted by molar-refractivity contribution is -0.113. The number of aromatic carboxylic acids is 1. The average molecular weight is 533 g/mol. The number of carbonyl (C=O) groups is 2. The molecule has 2 heterocycles. The minimum absolute atomic E-state index is 0.121. The van der Waals surface area contributed by atoms with E-state index in [9.17, 15) is 28.3 Å². The van der Waals surface area contributed by atoms with Gasteiger partial charge in [0.15, 0.2) is 5.43 Å². The highest BCUT2D eigenvalue weighted by molar-refractivity contribution is 5.96. The quantitative estimate of drug-likeness (QED) is 0.314. The Balaban J connectivity index is 1.53. The smallest absolute Gasteiger partial charge is 0.337 e. The van der Waals surface area contributed by atoms with Crippen LogP contribution in [0.1, 0.15) is 50.4 Å². The van der Waals surface area contributed by atoms with Crippen LogP contribution in [0.15, 0.2) is 69.9 Å². The Bertz CT molecular complexity index is 1670. The van der Waals surface area contributed by atoms with Gasteiger partial charge in [-0.05, 0) is 56.7 Å². The van der Waals surface area contributed by atoms with Crippen LogP contribution in [0, 0.1) is 13.8 Å². The zero-order valence-electron chi connectivity index (χ0n) is 21.5. The predicted octanol–water partition coefficient (Wildman–Crippen LogP) is 6.04. The van der Waals surface area contributed by atoms with Gasteiger partial charge in [-0.3, -0.25) is 9.59 Å². The van der Waals surface area contributed by atoms with Gasteiger partial charge < -0.3 is 19.7 Å². The number of rotatable bonds is 6. The molecule has 7 nitrogen and oxygen atoms in total. The van der Waals surface area contributed by atoms with Gasteiger partial charge in [0.1, 0.15) is 11.3 Å². The topological polar surface area (TPSA) is 99.8 Å². The molecule has 0 spiro atoms. The third-order valence-electron chi connectivity index (χ3n) is 6.91. The van der Waals surface area contributed by atoms with Crippen molar-refractivity contribution in [3.05, 3.63) is 98.7 Å². The number of anilines is 1. The van der Waals surface area contributed by atoms with Gasteiger partial charge in [0.05, 0.1) is 30.1 Å². The van der Waals surface area contributed by atoms with Crippen LogP contribution in [0.25, 0.3) is 22.3 Å². The van der Waals surface area contributed by atoms with Crippen molar-refractivity contribution in [2.24, 2.45) is 0 Å². The maximum Gasteiger partial charge on any atom is 0.337 e. The van der Waals surface area contributed by atoms with E-state index < -0.39 is 36.9 Å².